The summed E-state index contributed by atoms with van der Waals surface area (Å²) >= 11 is 14.9. The van der Waals surface area contributed by atoms with Crippen molar-refractivity contribution in [3.63, 3.8) is 0 Å². The highest BCUT2D eigenvalue weighted by atomic mass is 35.5. The Morgan fingerprint density at radius 1 is 0.677 bits per heavy atom. The molecule has 1 aliphatic heterocycles. The van der Waals surface area contributed by atoms with Crippen LogP contribution in [0.15, 0.2) is 78.9 Å². The predicted octanol–water partition coefficient (Wildman–Crippen LogP) is 5.34. The number of hydrogen-bond donors (Lipinski definition) is 0. The van der Waals surface area contributed by atoms with Crippen LogP contribution in [0.1, 0.15) is 40.8 Å². The van der Waals surface area contributed by atoms with Crippen LogP contribution in [0.2, 0.25) is 0 Å². The molecule has 2 amide bonds. The molecule has 154 valence electrons. The van der Waals surface area contributed by atoms with Gasteiger partial charge in [0.2, 0.25) is 11.8 Å². The van der Waals surface area contributed by atoms with E-state index >= 15 is 0 Å². The van der Waals surface area contributed by atoms with E-state index < -0.39 is 27.6 Å². The van der Waals surface area contributed by atoms with Crippen molar-refractivity contribution < 1.29 is 9.59 Å². The number of likely N-dealkylation sites (tertiary alicyclic amines) is 1. The molecule has 5 heteroatoms. The Balaban J connectivity index is 1.61. The molecule has 0 aromatic heterocycles. The van der Waals surface area contributed by atoms with Gasteiger partial charge in [0.25, 0.3) is 0 Å². The molecule has 7 rings (SSSR count). The van der Waals surface area contributed by atoms with Gasteiger partial charge in [-0.1, -0.05) is 78.9 Å². The van der Waals surface area contributed by atoms with Crippen LogP contribution in [0.5, 0.6) is 0 Å². The van der Waals surface area contributed by atoms with E-state index in [4.69, 9.17) is 23.2 Å². The number of amides is 2. The van der Waals surface area contributed by atoms with Gasteiger partial charge < -0.3 is 0 Å². The van der Waals surface area contributed by atoms with E-state index in [-0.39, 0.29) is 11.8 Å². The summed E-state index contributed by atoms with van der Waals surface area (Å²) in [5.41, 5.74) is 4.19. The summed E-state index contributed by atoms with van der Waals surface area (Å²) in [7, 11) is 0. The molecule has 1 heterocycles. The molecule has 1 fully saturated rings. The molecule has 1 saturated heterocycles. The first kappa shape index (κ1) is 19.1. The van der Waals surface area contributed by atoms with E-state index in [1.165, 1.54) is 4.90 Å². The summed E-state index contributed by atoms with van der Waals surface area (Å²) < 4.78 is 0. The molecule has 3 atom stereocenters. The van der Waals surface area contributed by atoms with Crippen LogP contribution in [0, 0.1) is 11.8 Å². The van der Waals surface area contributed by atoms with Crippen LogP contribution in [-0.2, 0) is 19.3 Å². The third-order valence-corrected chi connectivity index (χ3v) is 8.57. The Bertz CT molecular complexity index is 1130. The van der Waals surface area contributed by atoms with E-state index in [0.717, 1.165) is 27.8 Å². The fraction of sp³-hybridized carbons (Fsp3) is 0.231. The van der Waals surface area contributed by atoms with Gasteiger partial charge in [0.1, 0.15) is 9.75 Å². The Morgan fingerprint density at radius 2 is 1.03 bits per heavy atom. The summed E-state index contributed by atoms with van der Waals surface area (Å²) in [4.78, 5) is 26.9. The number of benzene rings is 3. The van der Waals surface area contributed by atoms with Crippen LogP contribution in [0.4, 0.5) is 0 Å². The average Bonchev–Trinajstić information content (AvgIpc) is 3.08. The van der Waals surface area contributed by atoms with E-state index in [2.05, 4.69) is 0 Å². The zero-order chi connectivity index (χ0) is 21.5. The van der Waals surface area contributed by atoms with Crippen LogP contribution >= 0.6 is 23.2 Å². The maximum Gasteiger partial charge on any atom is 0.236 e. The smallest absolute Gasteiger partial charge is 0.236 e. The number of carbonyl (C=O) groups excluding carboxylic acids is 2. The Kier molecular flexibility index (Phi) is 3.83. The second-order valence-corrected chi connectivity index (χ2v) is 9.80. The minimum absolute atomic E-state index is 0.254. The first-order valence-corrected chi connectivity index (χ1v) is 11.2. The Labute approximate surface area is 190 Å². The van der Waals surface area contributed by atoms with E-state index in [1.54, 1.807) is 0 Å². The van der Waals surface area contributed by atoms with E-state index in [1.807, 2.05) is 85.8 Å². The van der Waals surface area contributed by atoms with E-state index in [0.29, 0.717) is 0 Å². The first-order valence-electron chi connectivity index (χ1n) is 10.4. The molecule has 0 saturated carbocycles. The fourth-order valence-electron chi connectivity index (χ4n) is 5.95. The highest BCUT2D eigenvalue weighted by Gasteiger charge is 2.73. The van der Waals surface area contributed by atoms with Gasteiger partial charge in [-0.3, -0.25) is 14.5 Å². The van der Waals surface area contributed by atoms with Crippen molar-refractivity contribution in [3.05, 3.63) is 107 Å². The lowest BCUT2D eigenvalue weighted by atomic mass is 9.54. The van der Waals surface area contributed by atoms with Gasteiger partial charge in [-0.25, -0.2) is 0 Å². The average molecular weight is 448 g/mol. The first-order chi connectivity index (χ1) is 14.9. The van der Waals surface area contributed by atoms with Gasteiger partial charge >= 0.3 is 0 Å². The number of rotatable bonds is 2. The minimum atomic E-state index is -1.13. The molecule has 4 aliphatic rings. The standard InChI is InChI=1S/C26H19Cl2NO2/c1-15(16-9-3-2-4-10-16)29-23(30)21-22(24(29)31)26(28)18-12-6-5-11-17(18)25(21,27)19-13-7-8-14-20(19)26/h2-15,21-22H,1H3/t15-,21-,22+,25?,26?/m1/s1. The quantitative estimate of drug-likeness (QED) is 0.392. The van der Waals surface area contributed by atoms with Crippen molar-refractivity contribution in [1.29, 1.82) is 0 Å². The van der Waals surface area contributed by atoms with Crippen LogP contribution < -0.4 is 0 Å². The largest absolute Gasteiger partial charge is 0.275 e. The molecular formula is C26H19Cl2NO2. The van der Waals surface area contributed by atoms with Crippen LogP contribution in [-0.4, -0.2) is 16.7 Å². The maximum absolute atomic E-state index is 13.9. The number of carbonyl (C=O) groups is 2. The van der Waals surface area contributed by atoms with Crippen molar-refractivity contribution >= 4 is 35.0 Å². The molecule has 2 bridgehead atoms. The van der Waals surface area contributed by atoms with Gasteiger partial charge in [-0.15, -0.1) is 23.2 Å². The Hall–Kier alpha value is -2.62. The summed E-state index contributed by atoms with van der Waals surface area (Å²) in [5, 5.41) is 0. The van der Waals surface area contributed by atoms with Gasteiger partial charge in [0.15, 0.2) is 0 Å². The molecule has 0 N–H and O–H groups in total. The molecule has 3 aromatic rings. The topological polar surface area (TPSA) is 37.4 Å². The van der Waals surface area contributed by atoms with Gasteiger partial charge in [-0.05, 0) is 34.7 Å². The Morgan fingerprint density at radius 3 is 1.42 bits per heavy atom. The lowest BCUT2D eigenvalue weighted by Gasteiger charge is -2.54. The number of imide groups is 1. The van der Waals surface area contributed by atoms with Crippen molar-refractivity contribution in [2.24, 2.45) is 11.8 Å². The number of halogens is 2. The summed E-state index contributed by atoms with van der Waals surface area (Å²) in [6.07, 6.45) is 0. The highest BCUT2D eigenvalue weighted by Crippen LogP contribution is 2.69. The number of nitrogens with zero attached hydrogens (tertiary/aromatic N) is 1. The normalized spacial score (nSPS) is 31.3. The highest BCUT2D eigenvalue weighted by molar-refractivity contribution is 6.36. The second kappa shape index (κ2) is 6.21. The number of hydrogen-bond acceptors (Lipinski definition) is 2. The van der Waals surface area contributed by atoms with Gasteiger partial charge in [0, 0.05) is 0 Å². The summed E-state index contributed by atoms with van der Waals surface area (Å²) in [6, 6.07) is 24.6. The van der Waals surface area contributed by atoms with Crippen molar-refractivity contribution in [1.82, 2.24) is 4.90 Å². The molecule has 3 aliphatic carbocycles. The molecule has 3 nitrogen and oxygen atoms in total. The van der Waals surface area contributed by atoms with Crippen LogP contribution in [0.3, 0.4) is 0 Å². The summed E-state index contributed by atoms with van der Waals surface area (Å²) in [6.45, 7) is 1.88. The van der Waals surface area contributed by atoms with Crippen molar-refractivity contribution in [2.45, 2.75) is 22.7 Å². The van der Waals surface area contributed by atoms with Crippen LogP contribution in [0.25, 0.3) is 0 Å². The lowest BCUT2D eigenvalue weighted by Crippen LogP contribution is -2.57. The maximum atomic E-state index is 13.9. The third-order valence-electron chi connectivity index (χ3n) is 7.29. The molecular weight excluding hydrogens is 429 g/mol. The second-order valence-electron chi connectivity index (χ2n) is 8.60. The van der Waals surface area contributed by atoms with E-state index in [9.17, 15) is 9.59 Å². The zero-order valence-electron chi connectivity index (χ0n) is 16.8. The summed E-state index contributed by atoms with van der Waals surface area (Å²) in [5.74, 6) is -2.02. The molecule has 0 unspecified atom stereocenters. The lowest BCUT2D eigenvalue weighted by molar-refractivity contribution is -0.142. The predicted molar refractivity (Wildman–Crippen MR) is 120 cm³/mol. The fourth-order valence-corrected chi connectivity index (χ4v) is 7.05. The number of alkyl halides is 2. The molecule has 3 aromatic carbocycles. The van der Waals surface area contributed by atoms with Gasteiger partial charge in [0.05, 0.1) is 17.9 Å². The van der Waals surface area contributed by atoms with Crippen molar-refractivity contribution in [3.8, 4) is 0 Å². The molecule has 31 heavy (non-hydrogen) atoms. The minimum Gasteiger partial charge on any atom is -0.275 e. The third kappa shape index (κ3) is 2.11. The molecule has 0 radical (unpaired) electrons. The monoisotopic (exact) mass is 447 g/mol. The SMILES string of the molecule is C[C@H](c1ccccc1)N1C(=O)[C@@H]2[C@H](C1=O)C1(Cl)c3ccccc3C2(Cl)c2ccccc21. The van der Waals surface area contributed by atoms with Crippen molar-refractivity contribution in [2.75, 3.05) is 0 Å². The van der Waals surface area contributed by atoms with Gasteiger partial charge in [-0.2, -0.15) is 0 Å². The zero-order valence-corrected chi connectivity index (χ0v) is 18.3. The molecule has 0 spiro atoms.